The van der Waals surface area contributed by atoms with Gasteiger partial charge in [-0.15, -0.1) is 0 Å². The summed E-state index contributed by atoms with van der Waals surface area (Å²) in [6, 6.07) is 2.73. The van der Waals surface area contributed by atoms with Crippen molar-refractivity contribution in [2.75, 3.05) is 0 Å². The van der Waals surface area contributed by atoms with Crippen molar-refractivity contribution in [2.45, 2.75) is 45.4 Å². The lowest BCUT2D eigenvalue weighted by Gasteiger charge is -2.54. The van der Waals surface area contributed by atoms with Crippen LogP contribution < -0.4 is 0 Å². The van der Waals surface area contributed by atoms with Crippen LogP contribution in [0.25, 0.3) is 0 Å². The van der Waals surface area contributed by atoms with E-state index in [0.29, 0.717) is 23.0 Å². The number of ketones is 1. The number of fused-ring (bicyclic) bond motifs is 10. The van der Waals surface area contributed by atoms with Crippen molar-refractivity contribution in [2.24, 2.45) is 58.7 Å². The van der Waals surface area contributed by atoms with Crippen molar-refractivity contribution in [1.29, 1.82) is 5.26 Å². The molecule has 0 aliphatic heterocycles. The molecule has 2 heteroatoms. The molecular weight excluding hydrogens is 282 g/mol. The standard InChI is InChI=1S/C21H25NO/c1-21-5-4-12-11-3-2-10(23)6-13(11)14-7-16(14)19(12)20(21)17-8-15(17)18(21)9-22/h6,11-12,14-20H,2-5,7-8H2,1H3/t11-,12-,14-,15+,16-,17-,18+,19+,20+,21-/m1/s1. The monoisotopic (exact) mass is 307 g/mol. The molecule has 0 aromatic rings. The number of nitriles is 1. The van der Waals surface area contributed by atoms with E-state index >= 15 is 0 Å². The van der Waals surface area contributed by atoms with Crippen molar-refractivity contribution < 1.29 is 4.79 Å². The predicted molar refractivity (Wildman–Crippen MR) is 85.9 cm³/mol. The van der Waals surface area contributed by atoms with Crippen LogP contribution in [-0.2, 0) is 4.79 Å². The van der Waals surface area contributed by atoms with Gasteiger partial charge in [-0.1, -0.05) is 12.5 Å². The zero-order valence-electron chi connectivity index (χ0n) is 13.9. The molecule has 0 heterocycles. The van der Waals surface area contributed by atoms with Crippen LogP contribution in [0.15, 0.2) is 11.6 Å². The second-order valence-corrected chi connectivity index (χ2v) is 9.74. The Morgan fingerprint density at radius 3 is 2.83 bits per heavy atom. The Kier molecular flexibility index (Phi) is 2.26. The van der Waals surface area contributed by atoms with Crippen LogP contribution >= 0.6 is 0 Å². The Morgan fingerprint density at radius 2 is 2.00 bits per heavy atom. The van der Waals surface area contributed by atoms with Crippen molar-refractivity contribution in [1.82, 2.24) is 0 Å². The summed E-state index contributed by atoms with van der Waals surface area (Å²) < 4.78 is 0. The number of nitrogens with zero attached hydrogens (tertiary/aromatic N) is 1. The van der Waals surface area contributed by atoms with Gasteiger partial charge in [-0.25, -0.2) is 0 Å². The maximum Gasteiger partial charge on any atom is 0.155 e. The summed E-state index contributed by atoms with van der Waals surface area (Å²) in [5.41, 5.74) is 1.86. The number of carbonyl (C=O) groups excluding carboxylic acids is 1. The number of hydrogen-bond donors (Lipinski definition) is 0. The third-order valence-electron chi connectivity index (χ3n) is 9.05. The average Bonchev–Trinajstić information content (AvgIpc) is 3.42. The van der Waals surface area contributed by atoms with Gasteiger partial charge < -0.3 is 0 Å². The Hall–Kier alpha value is -1.10. The first-order valence-corrected chi connectivity index (χ1v) is 9.77. The maximum absolute atomic E-state index is 11.9. The topological polar surface area (TPSA) is 40.9 Å². The highest BCUT2D eigenvalue weighted by atomic mass is 16.1. The summed E-state index contributed by atoms with van der Waals surface area (Å²) in [7, 11) is 0. The number of hydrogen-bond acceptors (Lipinski definition) is 2. The molecule has 23 heavy (non-hydrogen) atoms. The lowest BCUT2D eigenvalue weighted by atomic mass is 9.50. The summed E-state index contributed by atoms with van der Waals surface area (Å²) in [6.45, 7) is 2.46. The van der Waals surface area contributed by atoms with Gasteiger partial charge in [0.2, 0.25) is 0 Å². The molecule has 0 spiro atoms. The highest BCUT2D eigenvalue weighted by molar-refractivity contribution is 5.91. The van der Waals surface area contributed by atoms with E-state index < -0.39 is 0 Å². The summed E-state index contributed by atoms with van der Waals surface area (Å²) in [6.07, 6.45) is 9.21. The maximum atomic E-state index is 11.9. The molecule has 0 amide bonds. The second-order valence-electron chi connectivity index (χ2n) is 9.74. The zero-order valence-corrected chi connectivity index (χ0v) is 13.9. The van der Waals surface area contributed by atoms with Gasteiger partial charge in [0.1, 0.15) is 0 Å². The Bertz CT molecular complexity index is 686. The van der Waals surface area contributed by atoms with Gasteiger partial charge in [-0.3, -0.25) is 4.79 Å². The molecule has 2 nitrogen and oxygen atoms in total. The first kappa shape index (κ1) is 13.2. The lowest BCUT2D eigenvalue weighted by Crippen LogP contribution is -2.49. The normalized spacial score (nSPS) is 61.1. The third-order valence-corrected chi connectivity index (χ3v) is 9.05. The van der Waals surface area contributed by atoms with Gasteiger partial charge >= 0.3 is 0 Å². The molecule has 0 unspecified atom stereocenters. The van der Waals surface area contributed by atoms with Gasteiger partial charge in [0.15, 0.2) is 5.78 Å². The van der Waals surface area contributed by atoms with Gasteiger partial charge in [0.05, 0.1) is 12.0 Å². The third kappa shape index (κ3) is 1.44. The molecule has 0 aromatic carbocycles. The van der Waals surface area contributed by atoms with Gasteiger partial charge in [-0.05, 0) is 90.9 Å². The van der Waals surface area contributed by atoms with E-state index in [4.69, 9.17) is 0 Å². The molecule has 6 aliphatic carbocycles. The van der Waals surface area contributed by atoms with Gasteiger partial charge in [-0.2, -0.15) is 5.26 Å². The van der Waals surface area contributed by atoms with E-state index in [1.165, 1.54) is 25.7 Å². The summed E-state index contributed by atoms with van der Waals surface area (Å²) in [5.74, 6) is 7.16. The molecule has 120 valence electrons. The molecule has 6 aliphatic rings. The smallest absolute Gasteiger partial charge is 0.155 e. The molecule has 5 fully saturated rings. The van der Waals surface area contributed by atoms with Gasteiger partial charge in [0, 0.05) is 6.42 Å². The van der Waals surface area contributed by atoms with E-state index in [2.05, 4.69) is 19.1 Å². The number of allylic oxidation sites excluding steroid dienone is 1. The first-order valence-electron chi connectivity index (χ1n) is 9.77. The molecule has 0 radical (unpaired) electrons. The van der Waals surface area contributed by atoms with E-state index in [1.807, 2.05) is 0 Å². The molecule has 0 N–H and O–H groups in total. The molecule has 10 atom stereocenters. The first-order chi connectivity index (χ1) is 11.1. The van der Waals surface area contributed by atoms with E-state index in [-0.39, 0.29) is 0 Å². The summed E-state index contributed by atoms with van der Waals surface area (Å²) in [5, 5.41) is 9.76. The summed E-state index contributed by atoms with van der Waals surface area (Å²) >= 11 is 0. The number of carbonyl (C=O) groups is 1. The Labute approximate surface area is 138 Å². The molecule has 6 rings (SSSR count). The zero-order chi connectivity index (χ0) is 15.5. The van der Waals surface area contributed by atoms with E-state index in [9.17, 15) is 10.1 Å². The highest BCUT2D eigenvalue weighted by Crippen LogP contribution is 2.77. The Balaban J connectivity index is 1.42. The van der Waals surface area contributed by atoms with Crippen molar-refractivity contribution in [3.8, 4) is 6.07 Å². The van der Waals surface area contributed by atoms with Crippen LogP contribution in [0.1, 0.15) is 45.4 Å². The van der Waals surface area contributed by atoms with Crippen LogP contribution in [0.5, 0.6) is 0 Å². The van der Waals surface area contributed by atoms with E-state index in [0.717, 1.165) is 54.3 Å². The van der Waals surface area contributed by atoms with Crippen LogP contribution in [0, 0.1) is 70.0 Å². The average molecular weight is 307 g/mol. The minimum atomic E-state index is 0.308. The molecule has 0 aromatic heterocycles. The fraction of sp³-hybridized carbons (Fsp3) is 0.810. The molecule has 5 saturated carbocycles. The van der Waals surface area contributed by atoms with Gasteiger partial charge in [0.25, 0.3) is 0 Å². The molecule has 0 bridgehead atoms. The van der Waals surface area contributed by atoms with Crippen LogP contribution in [0.2, 0.25) is 0 Å². The largest absolute Gasteiger partial charge is 0.295 e. The highest BCUT2D eigenvalue weighted by Gasteiger charge is 2.72. The lowest BCUT2D eigenvalue weighted by molar-refractivity contribution is -0.116. The van der Waals surface area contributed by atoms with Crippen molar-refractivity contribution >= 4 is 5.78 Å². The summed E-state index contributed by atoms with van der Waals surface area (Å²) in [4.78, 5) is 11.9. The van der Waals surface area contributed by atoms with Crippen LogP contribution in [0.3, 0.4) is 0 Å². The molecule has 0 saturated heterocycles. The van der Waals surface area contributed by atoms with Crippen LogP contribution in [-0.4, -0.2) is 5.78 Å². The minimum Gasteiger partial charge on any atom is -0.295 e. The predicted octanol–water partition coefficient (Wildman–Crippen LogP) is 3.98. The SMILES string of the molecule is C[C@]12CC[C@H]3[C@@H]([C@@H]4C[C@@H]4C4=CC(=O)CC[C@@H]43)[C@@H]1[C@@H]1C[C@@H]1[C@@H]2C#N. The van der Waals surface area contributed by atoms with E-state index in [1.54, 1.807) is 5.57 Å². The Morgan fingerprint density at radius 1 is 1.13 bits per heavy atom. The van der Waals surface area contributed by atoms with Crippen molar-refractivity contribution in [3.63, 3.8) is 0 Å². The fourth-order valence-corrected chi connectivity index (χ4v) is 8.19. The minimum absolute atomic E-state index is 0.308. The fourth-order valence-electron chi connectivity index (χ4n) is 8.19. The number of rotatable bonds is 0. The molecular formula is C21H25NO. The quantitative estimate of drug-likeness (QED) is 0.679. The second kappa shape index (κ2) is 3.93. The van der Waals surface area contributed by atoms with Crippen molar-refractivity contribution in [3.05, 3.63) is 11.6 Å². The van der Waals surface area contributed by atoms with Crippen LogP contribution in [0.4, 0.5) is 0 Å².